The van der Waals surface area contributed by atoms with E-state index in [-0.39, 0.29) is 17.5 Å². The fourth-order valence-electron chi connectivity index (χ4n) is 1.23. The largest absolute Gasteiger partial charge is 0.504 e. The molecular weight excluding hydrogens is 166 g/mol. The van der Waals surface area contributed by atoms with Gasteiger partial charge in [0.2, 0.25) is 0 Å². The highest BCUT2D eigenvalue weighted by Gasteiger charge is 2.06. The predicted molar refractivity (Wildman–Crippen MR) is 51.9 cm³/mol. The van der Waals surface area contributed by atoms with Crippen LogP contribution in [-0.4, -0.2) is 16.8 Å². The molecule has 0 bridgehead atoms. The van der Waals surface area contributed by atoms with E-state index in [1.807, 2.05) is 13.8 Å². The lowest BCUT2D eigenvalue weighted by molar-refractivity contribution is 0.402. The summed E-state index contributed by atoms with van der Waals surface area (Å²) in [6, 6.07) is 5.06. The summed E-state index contributed by atoms with van der Waals surface area (Å²) < 4.78 is 0. The number of phenolic OH excluding ortho intramolecular Hbond substituents is 2. The first-order valence-electron chi connectivity index (χ1n) is 4.40. The van der Waals surface area contributed by atoms with Crippen molar-refractivity contribution in [3.63, 3.8) is 0 Å². The van der Waals surface area contributed by atoms with E-state index in [0.29, 0.717) is 0 Å². The monoisotopic (exact) mass is 181 g/mol. The fraction of sp³-hybridized carbons (Fsp3) is 0.400. The van der Waals surface area contributed by atoms with Crippen molar-refractivity contribution in [3.8, 4) is 11.5 Å². The van der Waals surface area contributed by atoms with Crippen LogP contribution in [0.2, 0.25) is 0 Å². The molecule has 3 heteroatoms. The molecule has 72 valence electrons. The first-order valence-corrected chi connectivity index (χ1v) is 4.40. The average Bonchev–Trinajstić information content (AvgIpc) is 2.10. The summed E-state index contributed by atoms with van der Waals surface area (Å²) in [5, 5.41) is 21.5. The summed E-state index contributed by atoms with van der Waals surface area (Å²) in [6.45, 7) is 4.91. The molecule has 1 rings (SSSR count). The van der Waals surface area contributed by atoms with Crippen molar-refractivity contribution in [1.29, 1.82) is 0 Å². The lowest BCUT2D eigenvalue weighted by Crippen LogP contribution is -2.17. The maximum Gasteiger partial charge on any atom is 0.157 e. The van der Waals surface area contributed by atoms with Gasteiger partial charge < -0.3 is 15.5 Å². The molecule has 0 amide bonds. The quantitative estimate of drug-likeness (QED) is 0.623. The molecule has 13 heavy (non-hydrogen) atoms. The van der Waals surface area contributed by atoms with Gasteiger partial charge >= 0.3 is 0 Å². The Morgan fingerprint density at radius 3 is 2.54 bits per heavy atom. The Balaban J connectivity index is 2.84. The van der Waals surface area contributed by atoms with Gasteiger partial charge in [-0.3, -0.25) is 0 Å². The molecule has 0 unspecified atom stereocenters. The lowest BCUT2D eigenvalue weighted by Gasteiger charge is -2.12. The van der Waals surface area contributed by atoms with Gasteiger partial charge in [0.25, 0.3) is 0 Å². The Hall–Kier alpha value is -1.22. The molecule has 0 aliphatic carbocycles. The van der Waals surface area contributed by atoms with Crippen LogP contribution in [0.3, 0.4) is 0 Å². The van der Waals surface area contributed by atoms with Crippen LogP contribution in [0.25, 0.3) is 0 Å². The molecule has 3 N–H and O–H groups in total. The van der Waals surface area contributed by atoms with Gasteiger partial charge in [-0.15, -0.1) is 0 Å². The molecule has 0 aromatic heterocycles. The van der Waals surface area contributed by atoms with Crippen molar-refractivity contribution in [2.75, 3.05) is 6.54 Å². The first kappa shape index (κ1) is 9.86. The van der Waals surface area contributed by atoms with Crippen molar-refractivity contribution in [2.45, 2.75) is 19.9 Å². The molecule has 0 heterocycles. The van der Waals surface area contributed by atoms with Gasteiger partial charge in [-0.25, -0.2) is 0 Å². The van der Waals surface area contributed by atoms with E-state index in [4.69, 9.17) is 5.11 Å². The van der Waals surface area contributed by atoms with Crippen molar-refractivity contribution in [2.24, 2.45) is 0 Å². The zero-order valence-electron chi connectivity index (χ0n) is 7.91. The minimum Gasteiger partial charge on any atom is -0.504 e. The van der Waals surface area contributed by atoms with Crippen molar-refractivity contribution in [1.82, 2.24) is 5.32 Å². The number of hydrogen-bond donors (Lipinski definition) is 3. The number of benzene rings is 1. The second-order valence-corrected chi connectivity index (χ2v) is 3.03. The predicted octanol–water partition coefficient (Wildman–Crippen LogP) is 1.77. The molecule has 0 saturated heterocycles. The zero-order chi connectivity index (χ0) is 9.84. The van der Waals surface area contributed by atoms with Crippen LogP contribution in [0, 0.1) is 0 Å². The summed E-state index contributed by atoms with van der Waals surface area (Å²) in [5.41, 5.74) is 0.970. The third-order valence-electron chi connectivity index (χ3n) is 2.01. The van der Waals surface area contributed by atoms with E-state index in [9.17, 15) is 5.11 Å². The molecule has 0 spiro atoms. The Labute approximate surface area is 78.0 Å². The summed E-state index contributed by atoms with van der Waals surface area (Å²) in [7, 11) is 0. The molecular formula is C10H15NO2. The molecule has 0 aliphatic heterocycles. The molecule has 1 atom stereocenters. The van der Waals surface area contributed by atoms with Crippen LogP contribution < -0.4 is 5.32 Å². The number of aromatic hydroxyl groups is 2. The van der Waals surface area contributed by atoms with E-state index >= 15 is 0 Å². The van der Waals surface area contributed by atoms with E-state index in [1.54, 1.807) is 12.1 Å². The number of hydrogen-bond acceptors (Lipinski definition) is 3. The Morgan fingerprint density at radius 2 is 2.00 bits per heavy atom. The third kappa shape index (κ3) is 2.36. The van der Waals surface area contributed by atoms with Crippen molar-refractivity contribution < 1.29 is 10.2 Å². The van der Waals surface area contributed by atoms with E-state index in [2.05, 4.69) is 5.32 Å². The molecule has 1 aromatic rings. The highest BCUT2D eigenvalue weighted by atomic mass is 16.3. The van der Waals surface area contributed by atoms with Crippen molar-refractivity contribution in [3.05, 3.63) is 23.8 Å². The van der Waals surface area contributed by atoms with Gasteiger partial charge in [-0.05, 0) is 31.2 Å². The SMILES string of the molecule is CCN[C@H](C)c1ccc(O)c(O)c1. The van der Waals surface area contributed by atoms with E-state index in [0.717, 1.165) is 12.1 Å². The molecule has 0 saturated carbocycles. The highest BCUT2D eigenvalue weighted by molar-refractivity contribution is 5.41. The van der Waals surface area contributed by atoms with Gasteiger partial charge in [0.05, 0.1) is 0 Å². The fourth-order valence-corrected chi connectivity index (χ4v) is 1.23. The minimum atomic E-state index is -0.0764. The van der Waals surface area contributed by atoms with Gasteiger partial charge in [0.1, 0.15) is 0 Å². The summed E-state index contributed by atoms with van der Waals surface area (Å²) >= 11 is 0. The standard InChI is InChI=1S/C10H15NO2/c1-3-11-7(2)8-4-5-9(12)10(13)6-8/h4-7,11-13H,3H2,1-2H3/t7-/m1/s1. The smallest absolute Gasteiger partial charge is 0.157 e. The van der Waals surface area contributed by atoms with Crippen LogP contribution in [0.15, 0.2) is 18.2 Å². The van der Waals surface area contributed by atoms with E-state index in [1.165, 1.54) is 6.07 Å². The normalized spacial score (nSPS) is 12.8. The maximum absolute atomic E-state index is 9.24. The highest BCUT2D eigenvalue weighted by Crippen LogP contribution is 2.27. The van der Waals surface area contributed by atoms with Crippen molar-refractivity contribution >= 4 is 0 Å². The Kier molecular flexibility index (Phi) is 3.14. The topological polar surface area (TPSA) is 52.5 Å². The number of phenols is 2. The second-order valence-electron chi connectivity index (χ2n) is 3.03. The zero-order valence-corrected chi connectivity index (χ0v) is 7.91. The van der Waals surface area contributed by atoms with Crippen LogP contribution in [0.4, 0.5) is 0 Å². The molecule has 3 nitrogen and oxygen atoms in total. The average molecular weight is 181 g/mol. The maximum atomic E-state index is 9.24. The van der Waals surface area contributed by atoms with Gasteiger partial charge in [-0.2, -0.15) is 0 Å². The van der Waals surface area contributed by atoms with Gasteiger partial charge in [0, 0.05) is 6.04 Å². The number of nitrogens with one attached hydrogen (secondary N) is 1. The molecule has 1 aromatic carbocycles. The van der Waals surface area contributed by atoms with Crippen LogP contribution in [-0.2, 0) is 0 Å². The minimum absolute atomic E-state index is 0.0674. The molecule has 0 radical (unpaired) electrons. The van der Waals surface area contributed by atoms with E-state index < -0.39 is 0 Å². The molecule has 0 aliphatic rings. The second kappa shape index (κ2) is 4.14. The van der Waals surface area contributed by atoms with Crippen LogP contribution >= 0.6 is 0 Å². The Morgan fingerprint density at radius 1 is 1.31 bits per heavy atom. The van der Waals surface area contributed by atoms with Crippen LogP contribution in [0.5, 0.6) is 11.5 Å². The van der Waals surface area contributed by atoms with Crippen LogP contribution in [0.1, 0.15) is 25.5 Å². The summed E-state index contributed by atoms with van der Waals surface area (Å²) in [4.78, 5) is 0. The van der Waals surface area contributed by atoms with Gasteiger partial charge in [0.15, 0.2) is 11.5 Å². The Bertz CT molecular complexity index is 286. The summed E-state index contributed by atoms with van der Waals surface area (Å²) in [5.74, 6) is -0.144. The molecule has 0 fully saturated rings. The van der Waals surface area contributed by atoms with Gasteiger partial charge in [-0.1, -0.05) is 13.0 Å². The third-order valence-corrected chi connectivity index (χ3v) is 2.01. The first-order chi connectivity index (χ1) is 6.15. The summed E-state index contributed by atoms with van der Waals surface area (Å²) in [6.07, 6.45) is 0. The lowest BCUT2D eigenvalue weighted by atomic mass is 10.1. The number of rotatable bonds is 3.